The first kappa shape index (κ1) is 14.2. The van der Waals surface area contributed by atoms with Crippen molar-refractivity contribution in [1.29, 1.82) is 0 Å². The maximum absolute atomic E-state index is 12.2. The van der Waals surface area contributed by atoms with Crippen LogP contribution in [0.1, 0.15) is 29.4 Å². The number of amides is 1. The molecule has 0 bridgehead atoms. The number of aromatic nitrogens is 2. The van der Waals surface area contributed by atoms with E-state index in [2.05, 4.69) is 9.84 Å². The van der Waals surface area contributed by atoms with E-state index in [0.717, 1.165) is 5.69 Å². The number of rotatable bonds is 5. The van der Waals surface area contributed by atoms with Gasteiger partial charge in [0.05, 0.1) is 25.3 Å². The third kappa shape index (κ3) is 3.09. The number of aryl methyl sites for hydroxylation is 1. The molecule has 0 aromatic carbocycles. The van der Waals surface area contributed by atoms with Crippen LogP contribution in [-0.4, -0.2) is 46.8 Å². The summed E-state index contributed by atoms with van der Waals surface area (Å²) in [6.45, 7) is 4.62. The van der Waals surface area contributed by atoms with Crippen LogP contribution in [-0.2, 0) is 16.6 Å². The molecular formula is C12H19N3O3. The maximum Gasteiger partial charge on any atom is 0.307 e. The lowest BCUT2D eigenvalue weighted by atomic mass is 10.2. The largest absolute Gasteiger partial charge is 0.469 e. The van der Waals surface area contributed by atoms with Gasteiger partial charge in [0.25, 0.3) is 5.91 Å². The van der Waals surface area contributed by atoms with Crippen molar-refractivity contribution >= 4 is 11.9 Å². The van der Waals surface area contributed by atoms with Crippen molar-refractivity contribution in [3.05, 3.63) is 17.5 Å². The molecule has 0 aliphatic heterocycles. The van der Waals surface area contributed by atoms with Crippen molar-refractivity contribution in [2.75, 3.05) is 20.2 Å². The number of ether oxygens (including phenoxy) is 1. The number of esters is 1. The fourth-order valence-corrected chi connectivity index (χ4v) is 1.61. The molecule has 0 unspecified atom stereocenters. The molecule has 0 spiro atoms. The van der Waals surface area contributed by atoms with Gasteiger partial charge < -0.3 is 9.64 Å². The molecule has 1 heterocycles. The molecule has 0 radical (unpaired) electrons. The lowest BCUT2D eigenvalue weighted by molar-refractivity contribution is -0.140. The quantitative estimate of drug-likeness (QED) is 0.726. The van der Waals surface area contributed by atoms with Gasteiger partial charge in [0.15, 0.2) is 0 Å². The Bertz CT molecular complexity index is 440. The fraction of sp³-hybridized carbons (Fsp3) is 0.583. The van der Waals surface area contributed by atoms with Crippen LogP contribution < -0.4 is 0 Å². The molecule has 1 rings (SSSR count). The Kier molecular flexibility index (Phi) is 4.88. The summed E-state index contributed by atoms with van der Waals surface area (Å²) in [5.41, 5.74) is 1.39. The van der Waals surface area contributed by atoms with E-state index in [0.29, 0.717) is 18.7 Å². The molecule has 0 aliphatic rings. The second-order valence-electron chi connectivity index (χ2n) is 3.98. The normalized spacial score (nSPS) is 10.2. The first-order valence-electron chi connectivity index (χ1n) is 5.86. The highest BCUT2D eigenvalue weighted by Gasteiger charge is 2.19. The van der Waals surface area contributed by atoms with E-state index >= 15 is 0 Å². The fourth-order valence-electron chi connectivity index (χ4n) is 1.61. The van der Waals surface area contributed by atoms with Crippen molar-refractivity contribution in [1.82, 2.24) is 14.7 Å². The molecule has 6 heteroatoms. The molecule has 0 fully saturated rings. The van der Waals surface area contributed by atoms with Crippen molar-refractivity contribution < 1.29 is 14.3 Å². The Hall–Kier alpha value is -1.85. The van der Waals surface area contributed by atoms with Gasteiger partial charge in [-0.15, -0.1) is 0 Å². The summed E-state index contributed by atoms with van der Waals surface area (Å²) in [5.74, 6) is -0.420. The Morgan fingerprint density at radius 1 is 1.50 bits per heavy atom. The minimum atomic E-state index is -0.316. The predicted octanol–water partition coefficient (Wildman–Crippen LogP) is 0.754. The summed E-state index contributed by atoms with van der Waals surface area (Å²) in [6, 6.07) is 0. The van der Waals surface area contributed by atoms with Crippen molar-refractivity contribution in [2.45, 2.75) is 20.3 Å². The van der Waals surface area contributed by atoms with Gasteiger partial charge in [-0.05, 0) is 13.8 Å². The lowest BCUT2D eigenvalue weighted by Crippen LogP contribution is -2.33. The average Bonchev–Trinajstić information content (AvgIpc) is 2.70. The molecular weight excluding hydrogens is 234 g/mol. The standard InChI is InChI=1S/C12H19N3O3/c1-5-15(7-6-11(16)18-4)12(17)10-8-13-14(3)9(10)2/h8H,5-7H2,1-4H3. The van der Waals surface area contributed by atoms with Crippen LogP contribution in [0.2, 0.25) is 0 Å². The van der Waals surface area contributed by atoms with Crippen LogP contribution in [0.15, 0.2) is 6.20 Å². The Morgan fingerprint density at radius 3 is 2.61 bits per heavy atom. The third-order valence-electron chi connectivity index (χ3n) is 2.95. The van der Waals surface area contributed by atoms with E-state index in [1.165, 1.54) is 7.11 Å². The van der Waals surface area contributed by atoms with Gasteiger partial charge in [-0.3, -0.25) is 14.3 Å². The summed E-state index contributed by atoms with van der Waals surface area (Å²) in [5, 5.41) is 4.04. The summed E-state index contributed by atoms with van der Waals surface area (Å²) < 4.78 is 6.22. The van der Waals surface area contributed by atoms with E-state index in [9.17, 15) is 9.59 Å². The maximum atomic E-state index is 12.2. The highest BCUT2D eigenvalue weighted by atomic mass is 16.5. The van der Waals surface area contributed by atoms with Gasteiger partial charge >= 0.3 is 5.97 Å². The number of carbonyl (C=O) groups excluding carboxylic acids is 2. The molecule has 0 N–H and O–H groups in total. The van der Waals surface area contributed by atoms with E-state index in [1.807, 2.05) is 13.8 Å². The van der Waals surface area contributed by atoms with Crippen LogP contribution in [0.5, 0.6) is 0 Å². The smallest absolute Gasteiger partial charge is 0.307 e. The predicted molar refractivity (Wildman–Crippen MR) is 66.2 cm³/mol. The molecule has 0 saturated heterocycles. The van der Waals surface area contributed by atoms with Crippen LogP contribution in [0, 0.1) is 6.92 Å². The summed E-state index contributed by atoms with van der Waals surface area (Å²) in [4.78, 5) is 24.9. The lowest BCUT2D eigenvalue weighted by Gasteiger charge is -2.19. The molecule has 6 nitrogen and oxygen atoms in total. The molecule has 0 aliphatic carbocycles. The monoisotopic (exact) mass is 253 g/mol. The highest BCUT2D eigenvalue weighted by Crippen LogP contribution is 2.10. The van der Waals surface area contributed by atoms with E-state index in [4.69, 9.17) is 0 Å². The van der Waals surface area contributed by atoms with Gasteiger partial charge in [-0.1, -0.05) is 0 Å². The Balaban J connectivity index is 2.73. The van der Waals surface area contributed by atoms with Crippen LogP contribution >= 0.6 is 0 Å². The number of nitrogens with zero attached hydrogens (tertiary/aromatic N) is 3. The van der Waals surface area contributed by atoms with Gasteiger partial charge in [0, 0.05) is 25.8 Å². The molecule has 1 aromatic rings. The van der Waals surface area contributed by atoms with Crippen molar-refractivity contribution in [2.24, 2.45) is 7.05 Å². The van der Waals surface area contributed by atoms with Gasteiger partial charge in [-0.2, -0.15) is 5.10 Å². The minimum absolute atomic E-state index is 0.105. The summed E-state index contributed by atoms with van der Waals surface area (Å²) in [6.07, 6.45) is 1.76. The summed E-state index contributed by atoms with van der Waals surface area (Å²) >= 11 is 0. The first-order chi connectivity index (χ1) is 8.51. The number of methoxy groups -OCH3 is 1. The zero-order valence-corrected chi connectivity index (χ0v) is 11.3. The van der Waals surface area contributed by atoms with Crippen LogP contribution in [0.4, 0.5) is 0 Å². The van der Waals surface area contributed by atoms with Gasteiger partial charge in [0.1, 0.15) is 0 Å². The second-order valence-corrected chi connectivity index (χ2v) is 3.98. The molecule has 0 saturated carbocycles. The van der Waals surface area contributed by atoms with E-state index in [1.54, 1.807) is 22.8 Å². The Morgan fingerprint density at radius 2 is 2.17 bits per heavy atom. The molecule has 1 aromatic heterocycles. The van der Waals surface area contributed by atoms with Gasteiger partial charge in [0.2, 0.25) is 0 Å². The first-order valence-corrected chi connectivity index (χ1v) is 5.86. The minimum Gasteiger partial charge on any atom is -0.469 e. The zero-order valence-electron chi connectivity index (χ0n) is 11.3. The number of hydrogen-bond acceptors (Lipinski definition) is 4. The molecule has 1 amide bonds. The van der Waals surface area contributed by atoms with Gasteiger partial charge in [-0.25, -0.2) is 0 Å². The SMILES string of the molecule is CCN(CCC(=O)OC)C(=O)c1cnn(C)c1C. The van der Waals surface area contributed by atoms with E-state index in [-0.39, 0.29) is 18.3 Å². The topological polar surface area (TPSA) is 64.4 Å². The Labute approximate surface area is 107 Å². The molecule has 18 heavy (non-hydrogen) atoms. The number of carbonyl (C=O) groups is 2. The second kappa shape index (κ2) is 6.18. The summed E-state index contributed by atoms with van der Waals surface area (Å²) in [7, 11) is 3.13. The van der Waals surface area contributed by atoms with Crippen LogP contribution in [0.3, 0.4) is 0 Å². The zero-order chi connectivity index (χ0) is 13.7. The van der Waals surface area contributed by atoms with Crippen LogP contribution in [0.25, 0.3) is 0 Å². The highest BCUT2D eigenvalue weighted by molar-refractivity contribution is 5.95. The van der Waals surface area contributed by atoms with Crippen molar-refractivity contribution in [3.63, 3.8) is 0 Å². The average molecular weight is 253 g/mol. The molecule has 100 valence electrons. The third-order valence-corrected chi connectivity index (χ3v) is 2.95. The molecule has 0 atom stereocenters. The van der Waals surface area contributed by atoms with E-state index < -0.39 is 0 Å². The van der Waals surface area contributed by atoms with Crippen molar-refractivity contribution in [3.8, 4) is 0 Å². The number of hydrogen-bond donors (Lipinski definition) is 0.